The van der Waals surface area contributed by atoms with Crippen molar-refractivity contribution in [2.75, 3.05) is 11.4 Å². The van der Waals surface area contributed by atoms with Gasteiger partial charge in [0.15, 0.2) is 0 Å². The summed E-state index contributed by atoms with van der Waals surface area (Å²) in [6.45, 7) is 8.65. The van der Waals surface area contributed by atoms with Gasteiger partial charge in [-0.1, -0.05) is 52.2 Å². The Labute approximate surface area is 207 Å². The highest BCUT2D eigenvalue weighted by atomic mass is 16.3. The molecule has 0 spiro atoms. The normalized spacial score (nSPS) is 22.1. The van der Waals surface area contributed by atoms with Crippen LogP contribution in [0.4, 0.5) is 5.69 Å². The molecule has 2 aromatic rings. The van der Waals surface area contributed by atoms with E-state index in [0.29, 0.717) is 24.2 Å². The van der Waals surface area contributed by atoms with Crippen LogP contribution in [0, 0.1) is 6.92 Å². The molecular weight excluding hydrogens is 442 g/mol. The molecule has 2 fully saturated rings. The Morgan fingerprint density at radius 3 is 2.37 bits per heavy atom. The van der Waals surface area contributed by atoms with Crippen LogP contribution in [0.5, 0.6) is 0 Å². The standard InChI is InChI=1S/C27H39N5O3/c1-17-22(16-29-31-17)24(25(34)30-19-8-6-5-7-9-19)32(26(35)23-14-21(33)15-28-23)20-12-10-18(11-13-20)27(2,3)4/h10-13,16,19,21,23-24,28,33H,5-9,14-15H2,1-4H3,(H,29,31)(H,30,34)/t21-,23-,24?/m1/s1. The average molecular weight is 482 g/mol. The van der Waals surface area contributed by atoms with Gasteiger partial charge in [0, 0.05) is 29.5 Å². The zero-order valence-corrected chi connectivity index (χ0v) is 21.3. The quantitative estimate of drug-likeness (QED) is 0.506. The molecule has 1 aromatic heterocycles. The fourth-order valence-corrected chi connectivity index (χ4v) is 5.16. The average Bonchev–Trinajstić information content (AvgIpc) is 3.45. The molecule has 1 aliphatic carbocycles. The molecule has 2 heterocycles. The molecule has 1 unspecified atom stereocenters. The predicted molar refractivity (Wildman–Crippen MR) is 136 cm³/mol. The number of amides is 2. The molecule has 0 radical (unpaired) electrons. The number of benzene rings is 1. The number of β-amino-alcohol motifs (C(OH)–C–C–N with tert-alkyl or cyclic N) is 1. The monoisotopic (exact) mass is 481 g/mol. The van der Waals surface area contributed by atoms with Gasteiger partial charge in [-0.25, -0.2) is 0 Å². The van der Waals surface area contributed by atoms with Crippen LogP contribution in [-0.2, 0) is 15.0 Å². The van der Waals surface area contributed by atoms with Crippen molar-refractivity contribution in [1.29, 1.82) is 0 Å². The van der Waals surface area contributed by atoms with Crippen molar-refractivity contribution in [3.05, 3.63) is 47.3 Å². The lowest BCUT2D eigenvalue weighted by molar-refractivity contribution is -0.128. The maximum Gasteiger partial charge on any atom is 0.248 e. The number of aliphatic hydroxyl groups excluding tert-OH is 1. The summed E-state index contributed by atoms with van der Waals surface area (Å²) in [5.41, 5.74) is 3.17. The molecule has 2 amide bonds. The van der Waals surface area contributed by atoms with Crippen LogP contribution in [0.2, 0.25) is 0 Å². The van der Waals surface area contributed by atoms with Crippen LogP contribution >= 0.6 is 0 Å². The number of hydrogen-bond acceptors (Lipinski definition) is 5. The number of aryl methyl sites for hydroxylation is 1. The SMILES string of the molecule is Cc1[nH]ncc1C(C(=O)NC1CCCCC1)N(C(=O)[C@H]1C[C@@H](O)CN1)c1ccc(C(C)(C)C)cc1. The Hall–Kier alpha value is -2.71. The number of rotatable bonds is 6. The summed E-state index contributed by atoms with van der Waals surface area (Å²) in [6.07, 6.45) is 6.66. The minimum absolute atomic E-state index is 0.0383. The van der Waals surface area contributed by atoms with Crippen molar-refractivity contribution in [2.45, 2.75) is 95.9 Å². The Balaban J connectivity index is 1.75. The summed E-state index contributed by atoms with van der Waals surface area (Å²) >= 11 is 0. The zero-order valence-electron chi connectivity index (χ0n) is 21.3. The van der Waals surface area contributed by atoms with E-state index in [2.05, 4.69) is 41.6 Å². The highest BCUT2D eigenvalue weighted by Gasteiger charge is 2.40. The fraction of sp³-hybridized carbons (Fsp3) is 0.593. The summed E-state index contributed by atoms with van der Waals surface area (Å²) in [5.74, 6) is -0.428. The topological polar surface area (TPSA) is 110 Å². The van der Waals surface area contributed by atoms with Crippen molar-refractivity contribution >= 4 is 17.5 Å². The molecular formula is C27H39N5O3. The smallest absolute Gasteiger partial charge is 0.248 e. The van der Waals surface area contributed by atoms with Gasteiger partial charge in [0.2, 0.25) is 11.8 Å². The van der Waals surface area contributed by atoms with Gasteiger partial charge >= 0.3 is 0 Å². The second-order valence-electron chi connectivity index (χ2n) is 11.1. The third-order valence-corrected chi connectivity index (χ3v) is 7.28. The minimum Gasteiger partial charge on any atom is -0.392 e. The predicted octanol–water partition coefficient (Wildman–Crippen LogP) is 3.26. The minimum atomic E-state index is -0.872. The van der Waals surface area contributed by atoms with Crippen molar-refractivity contribution < 1.29 is 14.7 Å². The van der Waals surface area contributed by atoms with Gasteiger partial charge in [-0.15, -0.1) is 0 Å². The van der Waals surface area contributed by atoms with Crippen molar-refractivity contribution in [3.8, 4) is 0 Å². The van der Waals surface area contributed by atoms with E-state index < -0.39 is 18.2 Å². The molecule has 2 aliphatic rings. The number of hydrogen-bond donors (Lipinski definition) is 4. The summed E-state index contributed by atoms with van der Waals surface area (Å²) in [5, 5.41) is 23.6. The van der Waals surface area contributed by atoms with E-state index in [0.717, 1.165) is 36.9 Å². The molecule has 4 N–H and O–H groups in total. The second-order valence-corrected chi connectivity index (χ2v) is 11.1. The molecule has 1 saturated carbocycles. The summed E-state index contributed by atoms with van der Waals surface area (Å²) in [4.78, 5) is 29.4. The molecule has 1 saturated heterocycles. The first-order valence-corrected chi connectivity index (χ1v) is 12.8. The number of aliphatic hydroxyl groups is 1. The third kappa shape index (κ3) is 5.76. The Morgan fingerprint density at radius 2 is 1.83 bits per heavy atom. The Kier molecular flexibility index (Phi) is 7.62. The van der Waals surface area contributed by atoms with E-state index in [9.17, 15) is 14.7 Å². The van der Waals surface area contributed by atoms with Gasteiger partial charge in [0.05, 0.1) is 18.3 Å². The molecule has 1 aromatic carbocycles. The largest absolute Gasteiger partial charge is 0.392 e. The highest BCUT2D eigenvalue weighted by Crippen LogP contribution is 2.33. The van der Waals surface area contributed by atoms with Gasteiger partial charge in [0.1, 0.15) is 6.04 Å². The van der Waals surface area contributed by atoms with E-state index in [-0.39, 0.29) is 23.3 Å². The summed E-state index contributed by atoms with van der Waals surface area (Å²) in [6, 6.07) is 6.54. The van der Waals surface area contributed by atoms with Crippen LogP contribution in [0.1, 0.15) is 82.2 Å². The van der Waals surface area contributed by atoms with Crippen LogP contribution < -0.4 is 15.5 Å². The number of anilines is 1. The first kappa shape index (κ1) is 25.4. The number of aromatic nitrogens is 2. The first-order valence-electron chi connectivity index (χ1n) is 12.8. The van der Waals surface area contributed by atoms with Gasteiger partial charge in [-0.2, -0.15) is 5.10 Å². The lowest BCUT2D eigenvalue weighted by Crippen LogP contribution is -2.51. The molecule has 0 bridgehead atoms. The van der Waals surface area contributed by atoms with E-state index in [4.69, 9.17) is 0 Å². The lowest BCUT2D eigenvalue weighted by atomic mass is 9.87. The molecule has 190 valence electrons. The van der Waals surface area contributed by atoms with Gasteiger partial charge in [-0.05, 0) is 49.3 Å². The van der Waals surface area contributed by atoms with Crippen LogP contribution in [0.15, 0.2) is 30.5 Å². The molecule has 3 atom stereocenters. The highest BCUT2D eigenvalue weighted by molar-refractivity contribution is 6.04. The van der Waals surface area contributed by atoms with Gasteiger partial charge < -0.3 is 15.7 Å². The van der Waals surface area contributed by atoms with Gasteiger partial charge in [-0.3, -0.25) is 19.6 Å². The number of nitrogens with one attached hydrogen (secondary N) is 3. The Bertz CT molecular complexity index is 1020. The van der Waals surface area contributed by atoms with Gasteiger partial charge in [0.25, 0.3) is 0 Å². The first-order chi connectivity index (χ1) is 16.6. The maximum atomic E-state index is 14.0. The van der Waals surface area contributed by atoms with E-state index in [1.54, 1.807) is 11.1 Å². The van der Waals surface area contributed by atoms with Crippen molar-refractivity contribution in [3.63, 3.8) is 0 Å². The number of H-pyrrole nitrogens is 1. The van der Waals surface area contributed by atoms with E-state index >= 15 is 0 Å². The third-order valence-electron chi connectivity index (χ3n) is 7.28. The zero-order chi connectivity index (χ0) is 25.2. The second kappa shape index (κ2) is 10.5. The lowest BCUT2D eigenvalue weighted by Gasteiger charge is -2.35. The molecule has 35 heavy (non-hydrogen) atoms. The summed E-state index contributed by atoms with van der Waals surface area (Å²) < 4.78 is 0. The van der Waals surface area contributed by atoms with Crippen LogP contribution in [0.3, 0.4) is 0 Å². The number of aromatic amines is 1. The van der Waals surface area contributed by atoms with Crippen molar-refractivity contribution in [1.82, 2.24) is 20.8 Å². The number of nitrogens with zero attached hydrogens (tertiary/aromatic N) is 2. The van der Waals surface area contributed by atoms with Crippen LogP contribution in [-0.4, -0.2) is 51.9 Å². The van der Waals surface area contributed by atoms with Crippen LogP contribution in [0.25, 0.3) is 0 Å². The van der Waals surface area contributed by atoms with E-state index in [1.807, 2.05) is 31.2 Å². The number of carbonyl (C=O) groups is 2. The molecule has 4 rings (SSSR count). The maximum absolute atomic E-state index is 14.0. The summed E-state index contributed by atoms with van der Waals surface area (Å²) in [7, 11) is 0. The van der Waals surface area contributed by atoms with Crippen molar-refractivity contribution in [2.24, 2.45) is 0 Å². The molecule has 8 heteroatoms. The Morgan fingerprint density at radius 1 is 1.14 bits per heavy atom. The van der Waals surface area contributed by atoms with E-state index in [1.165, 1.54) is 6.42 Å². The number of carbonyl (C=O) groups excluding carboxylic acids is 2. The molecule has 1 aliphatic heterocycles. The fourth-order valence-electron chi connectivity index (χ4n) is 5.16. The molecule has 8 nitrogen and oxygen atoms in total.